The van der Waals surface area contributed by atoms with Crippen molar-refractivity contribution in [3.63, 3.8) is 0 Å². The molecule has 2 amide bonds. The number of rotatable bonds is 7. The molecule has 30 heavy (non-hydrogen) atoms. The van der Waals surface area contributed by atoms with Crippen LogP contribution in [-0.2, 0) is 14.3 Å². The molecular weight excluding hydrogens is 414 g/mol. The second-order valence-corrected chi connectivity index (χ2v) is 6.95. The van der Waals surface area contributed by atoms with Gasteiger partial charge in [-0.25, -0.2) is 0 Å². The minimum atomic E-state index is -1.09. The molecule has 1 atom stereocenters. The van der Waals surface area contributed by atoms with Crippen LogP contribution >= 0.6 is 11.6 Å². The summed E-state index contributed by atoms with van der Waals surface area (Å²) in [7, 11) is 0. The van der Waals surface area contributed by atoms with E-state index in [2.05, 4.69) is 10.6 Å². The van der Waals surface area contributed by atoms with E-state index in [4.69, 9.17) is 16.3 Å². The molecule has 1 unspecified atom stereocenters. The van der Waals surface area contributed by atoms with Crippen LogP contribution in [0.3, 0.4) is 0 Å². The van der Waals surface area contributed by atoms with E-state index < -0.39 is 41.0 Å². The largest absolute Gasteiger partial charge is 0.451 e. The second kappa shape index (κ2) is 9.84. The first kappa shape index (κ1) is 22.8. The molecule has 0 aliphatic carbocycles. The van der Waals surface area contributed by atoms with E-state index >= 15 is 0 Å². The number of hydrogen-bond acceptors (Lipinski definition) is 6. The number of nitro groups is 1. The lowest BCUT2D eigenvalue weighted by molar-refractivity contribution is -0.384. The minimum absolute atomic E-state index is 0.0420. The van der Waals surface area contributed by atoms with Crippen LogP contribution in [0.1, 0.15) is 28.4 Å². The summed E-state index contributed by atoms with van der Waals surface area (Å²) in [6.45, 7) is 4.61. The number of aryl methyl sites for hydroxylation is 2. The number of amides is 2. The second-order valence-electron chi connectivity index (χ2n) is 6.55. The highest BCUT2D eigenvalue weighted by Gasteiger charge is 2.20. The molecule has 0 heterocycles. The number of carbonyl (C=O) groups is 3. The fourth-order valence-electron chi connectivity index (χ4n) is 2.45. The van der Waals surface area contributed by atoms with Gasteiger partial charge in [0.1, 0.15) is 11.6 Å². The van der Waals surface area contributed by atoms with Crippen LogP contribution < -0.4 is 10.6 Å². The van der Waals surface area contributed by atoms with Crippen LogP contribution in [0, 0.1) is 24.0 Å². The van der Waals surface area contributed by atoms with Gasteiger partial charge in [0.25, 0.3) is 17.5 Å². The Morgan fingerprint density at radius 1 is 1.17 bits per heavy atom. The minimum Gasteiger partial charge on any atom is -0.451 e. The monoisotopic (exact) mass is 433 g/mol. The summed E-state index contributed by atoms with van der Waals surface area (Å²) < 4.78 is 5.03. The zero-order chi connectivity index (χ0) is 22.4. The van der Waals surface area contributed by atoms with Gasteiger partial charge in [0.05, 0.1) is 4.92 Å². The summed E-state index contributed by atoms with van der Waals surface area (Å²) >= 11 is 5.70. The molecule has 0 aromatic heterocycles. The van der Waals surface area contributed by atoms with Gasteiger partial charge >= 0.3 is 5.97 Å². The first-order valence-corrected chi connectivity index (χ1v) is 9.26. The van der Waals surface area contributed by atoms with Crippen molar-refractivity contribution in [1.29, 1.82) is 0 Å². The molecule has 158 valence electrons. The molecule has 2 rings (SSSR count). The maximum atomic E-state index is 12.3. The third-order valence-electron chi connectivity index (χ3n) is 4.13. The van der Waals surface area contributed by atoms with Gasteiger partial charge in [0.15, 0.2) is 6.10 Å². The van der Waals surface area contributed by atoms with E-state index in [1.807, 2.05) is 26.0 Å². The highest BCUT2D eigenvalue weighted by molar-refractivity contribution is 6.32. The molecule has 2 aromatic rings. The Bertz CT molecular complexity index is 1010. The topological polar surface area (TPSA) is 128 Å². The Kier molecular flexibility index (Phi) is 7.48. The van der Waals surface area contributed by atoms with Crippen LogP contribution in [-0.4, -0.2) is 35.4 Å². The SMILES string of the molecule is Cc1ccc(C)c(NC(=O)C(C)OC(=O)CNC(=O)c2ccc(Cl)c([N+](=O)[O-])c2)c1. The number of halogens is 1. The molecule has 0 fully saturated rings. The average molecular weight is 434 g/mol. The number of ether oxygens (including phenoxy) is 1. The Hall–Kier alpha value is -3.46. The zero-order valence-electron chi connectivity index (χ0n) is 16.5. The standard InChI is InChI=1S/C20H20ClN3O6/c1-11-4-5-12(2)16(8-11)23-19(26)13(3)30-18(25)10-22-20(27)14-6-7-15(21)17(9-14)24(28)29/h4-9,13H,10H2,1-3H3,(H,22,27)(H,23,26). The Morgan fingerprint density at radius 3 is 2.53 bits per heavy atom. The smallest absolute Gasteiger partial charge is 0.326 e. The predicted molar refractivity (Wildman–Crippen MR) is 111 cm³/mol. The lowest BCUT2D eigenvalue weighted by atomic mass is 10.1. The van der Waals surface area contributed by atoms with E-state index in [-0.39, 0.29) is 10.6 Å². The summed E-state index contributed by atoms with van der Waals surface area (Å²) in [6, 6.07) is 9.07. The van der Waals surface area contributed by atoms with Crippen molar-refractivity contribution < 1.29 is 24.0 Å². The van der Waals surface area contributed by atoms with Gasteiger partial charge in [-0.05, 0) is 50.1 Å². The summed E-state index contributed by atoms with van der Waals surface area (Å²) in [5.74, 6) is -2.08. The maximum Gasteiger partial charge on any atom is 0.326 e. The lowest BCUT2D eigenvalue weighted by Crippen LogP contribution is -2.36. The van der Waals surface area contributed by atoms with Crippen LogP contribution in [0.15, 0.2) is 36.4 Å². The van der Waals surface area contributed by atoms with Gasteiger partial charge in [0, 0.05) is 17.3 Å². The molecule has 9 nitrogen and oxygen atoms in total. The predicted octanol–water partition coefficient (Wildman–Crippen LogP) is 3.17. The Morgan fingerprint density at radius 2 is 1.87 bits per heavy atom. The fraction of sp³-hybridized carbons (Fsp3) is 0.250. The van der Waals surface area contributed by atoms with E-state index in [0.717, 1.165) is 17.2 Å². The molecule has 0 spiro atoms. The van der Waals surface area contributed by atoms with Gasteiger partial charge in [-0.15, -0.1) is 0 Å². The van der Waals surface area contributed by atoms with Crippen LogP contribution in [0.4, 0.5) is 11.4 Å². The number of nitrogens with zero attached hydrogens (tertiary/aromatic N) is 1. The number of nitrogens with one attached hydrogen (secondary N) is 2. The zero-order valence-corrected chi connectivity index (χ0v) is 17.3. The molecule has 10 heteroatoms. The van der Waals surface area contributed by atoms with Gasteiger partial charge < -0.3 is 15.4 Å². The van der Waals surface area contributed by atoms with Crippen molar-refractivity contribution in [3.8, 4) is 0 Å². The maximum absolute atomic E-state index is 12.3. The summed E-state index contributed by atoms with van der Waals surface area (Å²) in [5, 5.41) is 15.8. The molecular formula is C20H20ClN3O6. The lowest BCUT2D eigenvalue weighted by Gasteiger charge is -2.15. The molecule has 2 aromatic carbocycles. The van der Waals surface area contributed by atoms with Crippen molar-refractivity contribution in [1.82, 2.24) is 5.32 Å². The molecule has 0 saturated carbocycles. The third-order valence-corrected chi connectivity index (χ3v) is 4.45. The first-order valence-electron chi connectivity index (χ1n) is 8.88. The van der Waals surface area contributed by atoms with Gasteiger partial charge in [0.2, 0.25) is 0 Å². The number of benzene rings is 2. The number of nitro benzene ring substituents is 1. The number of hydrogen-bond donors (Lipinski definition) is 2. The molecule has 0 aliphatic heterocycles. The van der Waals surface area contributed by atoms with E-state index in [1.165, 1.54) is 19.1 Å². The van der Waals surface area contributed by atoms with Crippen molar-refractivity contribution in [3.05, 3.63) is 68.2 Å². The van der Waals surface area contributed by atoms with E-state index in [1.54, 1.807) is 6.07 Å². The van der Waals surface area contributed by atoms with E-state index in [9.17, 15) is 24.5 Å². The highest BCUT2D eigenvalue weighted by Crippen LogP contribution is 2.25. The summed E-state index contributed by atoms with van der Waals surface area (Å²) in [6.07, 6.45) is -1.09. The highest BCUT2D eigenvalue weighted by atomic mass is 35.5. The molecule has 0 radical (unpaired) electrons. The Labute approximate surface area is 177 Å². The van der Waals surface area contributed by atoms with Crippen molar-refractivity contribution >= 4 is 40.8 Å². The third kappa shape index (κ3) is 6.02. The fourth-order valence-corrected chi connectivity index (χ4v) is 2.63. The molecule has 0 aliphatic rings. The first-order chi connectivity index (χ1) is 14.1. The molecule has 0 saturated heterocycles. The quantitative estimate of drug-likeness (QED) is 0.392. The number of esters is 1. The Balaban J connectivity index is 1.90. The number of carbonyl (C=O) groups excluding carboxylic acids is 3. The van der Waals surface area contributed by atoms with Gasteiger partial charge in [-0.3, -0.25) is 24.5 Å². The molecule has 0 bridgehead atoms. The van der Waals surface area contributed by atoms with Crippen molar-refractivity contribution in [2.24, 2.45) is 0 Å². The van der Waals surface area contributed by atoms with Gasteiger partial charge in [-0.2, -0.15) is 0 Å². The molecule has 2 N–H and O–H groups in total. The van der Waals surface area contributed by atoms with Crippen molar-refractivity contribution in [2.45, 2.75) is 26.9 Å². The van der Waals surface area contributed by atoms with Gasteiger partial charge in [-0.1, -0.05) is 23.7 Å². The normalized spacial score (nSPS) is 11.3. The van der Waals surface area contributed by atoms with Crippen molar-refractivity contribution in [2.75, 3.05) is 11.9 Å². The number of anilines is 1. The summed E-state index contributed by atoms with van der Waals surface area (Å²) in [4.78, 5) is 46.5. The van der Waals surface area contributed by atoms with E-state index in [0.29, 0.717) is 5.69 Å². The van der Waals surface area contributed by atoms with Crippen LogP contribution in [0.5, 0.6) is 0 Å². The van der Waals surface area contributed by atoms with Crippen LogP contribution in [0.25, 0.3) is 0 Å². The summed E-state index contributed by atoms with van der Waals surface area (Å²) in [5.41, 5.74) is 1.96. The average Bonchev–Trinajstić information content (AvgIpc) is 2.68. The van der Waals surface area contributed by atoms with Crippen LogP contribution in [0.2, 0.25) is 5.02 Å².